The molecule has 0 aliphatic carbocycles. The number of nitrogens with two attached hydrogens (primary N) is 1. The minimum atomic E-state index is 0.231. The van der Waals surface area contributed by atoms with Crippen LogP contribution in [0.25, 0.3) is 0 Å². The molecule has 1 unspecified atom stereocenters. The van der Waals surface area contributed by atoms with Crippen LogP contribution >= 0.6 is 0 Å². The highest BCUT2D eigenvalue weighted by Gasteiger charge is 2.06. The molecule has 0 heterocycles. The number of benzene rings is 1. The van der Waals surface area contributed by atoms with Gasteiger partial charge in [0.05, 0.1) is 6.61 Å². The number of hydrogen-bond acceptors (Lipinski definition) is 3. The van der Waals surface area contributed by atoms with Crippen LogP contribution in [-0.4, -0.2) is 19.8 Å². The molecule has 0 fully saturated rings. The fourth-order valence-corrected chi connectivity index (χ4v) is 1.64. The number of aryl methyl sites for hydroxylation is 2. The molecule has 0 radical (unpaired) electrons. The predicted octanol–water partition coefficient (Wildman–Crippen LogP) is 1.41. The maximum Gasteiger partial charge on any atom is 0.0629 e. The smallest absolute Gasteiger partial charge is 0.0629 e. The Bertz CT molecular complexity index is 289. The second-order valence-electron chi connectivity index (χ2n) is 3.78. The van der Waals surface area contributed by atoms with Gasteiger partial charge in [-0.3, -0.25) is 11.3 Å². The lowest BCUT2D eigenvalue weighted by Gasteiger charge is -2.15. The summed E-state index contributed by atoms with van der Waals surface area (Å²) in [6.07, 6.45) is 2.03. The van der Waals surface area contributed by atoms with Crippen LogP contribution in [0, 0.1) is 6.92 Å². The van der Waals surface area contributed by atoms with Crippen molar-refractivity contribution in [3.8, 4) is 0 Å². The maximum atomic E-state index is 5.43. The molecule has 3 heteroatoms. The molecule has 0 aliphatic heterocycles. The van der Waals surface area contributed by atoms with Crippen molar-refractivity contribution in [1.29, 1.82) is 0 Å². The molecule has 0 saturated heterocycles. The van der Waals surface area contributed by atoms with Crippen LogP contribution in [0.5, 0.6) is 0 Å². The van der Waals surface area contributed by atoms with Gasteiger partial charge in [-0.15, -0.1) is 0 Å². The lowest BCUT2D eigenvalue weighted by molar-refractivity contribution is 0.163. The molecule has 0 aliphatic rings. The number of methoxy groups -OCH3 is 1. The summed E-state index contributed by atoms with van der Waals surface area (Å²) < 4.78 is 5.07. The second-order valence-corrected chi connectivity index (χ2v) is 3.78. The van der Waals surface area contributed by atoms with Crippen LogP contribution in [0.2, 0.25) is 0 Å². The molecule has 0 spiro atoms. The molecule has 0 bridgehead atoms. The van der Waals surface area contributed by atoms with Crippen LogP contribution < -0.4 is 11.3 Å². The summed E-state index contributed by atoms with van der Waals surface area (Å²) in [7, 11) is 1.69. The molecule has 1 rings (SSSR count). The van der Waals surface area contributed by atoms with Crippen LogP contribution in [-0.2, 0) is 11.2 Å². The van der Waals surface area contributed by atoms with Crippen molar-refractivity contribution < 1.29 is 4.74 Å². The maximum absolute atomic E-state index is 5.43. The van der Waals surface area contributed by atoms with Gasteiger partial charge in [0.15, 0.2) is 0 Å². The zero-order valence-electron chi connectivity index (χ0n) is 9.49. The van der Waals surface area contributed by atoms with Crippen LogP contribution in [0.1, 0.15) is 17.5 Å². The molecule has 1 atom stereocenters. The Morgan fingerprint density at radius 2 is 2.13 bits per heavy atom. The first-order chi connectivity index (χ1) is 7.27. The summed E-state index contributed by atoms with van der Waals surface area (Å²) in [6, 6.07) is 8.66. The van der Waals surface area contributed by atoms with Crippen molar-refractivity contribution in [2.75, 3.05) is 13.7 Å². The van der Waals surface area contributed by atoms with Crippen molar-refractivity contribution in [2.45, 2.75) is 25.8 Å². The average Bonchev–Trinajstić information content (AvgIpc) is 2.26. The van der Waals surface area contributed by atoms with Crippen molar-refractivity contribution in [1.82, 2.24) is 5.43 Å². The summed E-state index contributed by atoms with van der Waals surface area (Å²) in [5.41, 5.74) is 5.49. The first-order valence-electron chi connectivity index (χ1n) is 5.27. The van der Waals surface area contributed by atoms with Crippen molar-refractivity contribution >= 4 is 0 Å². The van der Waals surface area contributed by atoms with E-state index in [2.05, 4.69) is 36.6 Å². The van der Waals surface area contributed by atoms with Crippen molar-refractivity contribution in [2.24, 2.45) is 5.84 Å². The largest absolute Gasteiger partial charge is 0.383 e. The third-order valence-electron chi connectivity index (χ3n) is 2.63. The molecule has 0 saturated carbocycles. The molecule has 0 aromatic heterocycles. The standard InChI is InChI=1S/C12H20N2O/c1-10-5-3-4-6-11(10)7-8-12(14-13)9-15-2/h3-6,12,14H,7-9,13H2,1-2H3. The van der Waals surface area contributed by atoms with Crippen molar-refractivity contribution in [3.05, 3.63) is 35.4 Å². The number of hydrogen-bond donors (Lipinski definition) is 2. The number of nitrogens with one attached hydrogen (secondary N) is 1. The molecule has 0 amide bonds. The van der Waals surface area contributed by atoms with E-state index in [0.717, 1.165) is 12.8 Å². The van der Waals surface area contributed by atoms with E-state index in [1.54, 1.807) is 7.11 Å². The highest BCUT2D eigenvalue weighted by Crippen LogP contribution is 2.10. The first-order valence-corrected chi connectivity index (χ1v) is 5.27. The van der Waals surface area contributed by atoms with Gasteiger partial charge < -0.3 is 4.74 Å². The van der Waals surface area contributed by atoms with Gasteiger partial charge in [-0.2, -0.15) is 0 Å². The molecule has 3 N–H and O–H groups in total. The summed E-state index contributed by atoms with van der Waals surface area (Å²) in [4.78, 5) is 0. The van der Waals surface area contributed by atoms with Gasteiger partial charge >= 0.3 is 0 Å². The third kappa shape index (κ3) is 4.00. The molecule has 84 valence electrons. The summed E-state index contributed by atoms with van der Waals surface area (Å²) in [5, 5.41) is 0. The third-order valence-corrected chi connectivity index (χ3v) is 2.63. The Morgan fingerprint density at radius 3 is 2.73 bits per heavy atom. The van der Waals surface area contributed by atoms with Gasteiger partial charge in [-0.1, -0.05) is 24.3 Å². The van der Waals surface area contributed by atoms with E-state index in [-0.39, 0.29) is 6.04 Å². The molecule has 3 nitrogen and oxygen atoms in total. The number of ether oxygens (including phenoxy) is 1. The minimum Gasteiger partial charge on any atom is -0.383 e. The van der Waals surface area contributed by atoms with E-state index in [4.69, 9.17) is 10.6 Å². The molecule has 1 aromatic rings. The molecule has 1 aromatic carbocycles. The van der Waals surface area contributed by atoms with E-state index >= 15 is 0 Å². The quantitative estimate of drug-likeness (QED) is 0.549. The van der Waals surface area contributed by atoms with Crippen LogP contribution in [0.15, 0.2) is 24.3 Å². The Hall–Kier alpha value is -0.900. The van der Waals surface area contributed by atoms with Gasteiger partial charge in [-0.05, 0) is 30.9 Å². The van der Waals surface area contributed by atoms with Crippen molar-refractivity contribution in [3.63, 3.8) is 0 Å². The zero-order valence-corrected chi connectivity index (χ0v) is 9.49. The SMILES string of the molecule is COCC(CCc1ccccc1C)NN. The van der Waals surface area contributed by atoms with E-state index in [9.17, 15) is 0 Å². The average molecular weight is 208 g/mol. The summed E-state index contributed by atoms with van der Waals surface area (Å²) in [5.74, 6) is 5.43. The van der Waals surface area contributed by atoms with E-state index < -0.39 is 0 Å². The highest BCUT2D eigenvalue weighted by molar-refractivity contribution is 5.25. The van der Waals surface area contributed by atoms with E-state index in [1.807, 2.05) is 0 Å². The Balaban J connectivity index is 2.45. The summed E-state index contributed by atoms with van der Waals surface area (Å²) >= 11 is 0. The topological polar surface area (TPSA) is 47.3 Å². The number of hydrazine groups is 1. The fraction of sp³-hybridized carbons (Fsp3) is 0.500. The zero-order chi connectivity index (χ0) is 11.1. The Kier molecular flexibility index (Phi) is 5.32. The normalized spacial score (nSPS) is 12.7. The van der Waals surface area contributed by atoms with E-state index in [0.29, 0.717) is 6.61 Å². The van der Waals surface area contributed by atoms with Gasteiger partial charge in [0.1, 0.15) is 0 Å². The Labute approximate surface area is 91.6 Å². The number of rotatable bonds is 6. The monoisotopic (exact) mass is 208 g/mol. The molecular weight excluding hydrogens is 188 g/mol. The van der Waals surface area contributed by atoms with E-state index in [1.165, 1.54) is 11.1 Å². The fourth-order valence-electron chi connectivity index (χ4n) is 1.64. The first kappa shape index (κ1) is 12.2. The lowest BCUT2D eigenvalue weighted by atomic mass is 10.0. The molecular formula is C12H20N2O. The van der Waals surface area contributed by atoms with Crippen LogP contribution in [0.4, 0.5) is 0 Å². The summed E-state index contributed by atoms with van der Waals surface area (Å²) in [6.45, 7) is 2.79. The van der Waals surface area contributed by atoms with Crippen LogP contribution in [0.3, 0.4) is 0 Å². The Morgan fingerprint density at radius 1 is 1.40 bits per heavy atom. The van der Waals surface area contributed by atoms with Gasteiger partial charge in [-0.25, -0.2) is 0 Å². The predicted molar refractivity (Wildman–Crippen MR) is 62.5 cm³/mol. The lowest BCUT2D eigenvalue weighted by Crippen LogP contribution is -2.38. The van der Waals surface area contributed by atoms with Gasteiger partial charge in [0, 0.05) is 13.2 Å². The van der Waals surface area contributed by atoms with Gasteiger partial charge in [0.25, 0.3) is 0 Å². The minimum absolute atomic E-state index is 0.231. The highest BCUT2D eigenvalue weighted by atomic mass is 16.5. The molecule has 15 heavy (non-hydrogen) atoms. The van der Waals surface area contributed by atoms with Gasteiger partial charge in [0.2, 0.25) is 0 Å². The second kappa shape index (κ2) is 6.56.